The van der Waals surface area contributed by atoms with Gasteiger partial charge in [-0.25, -0.2) is 4.98 Å². The fourth-order valence-corrected chi connectivity index (χ4v) is 2.99. The number of nitrogens with zero attached hydrogens (tertiary/aromatic N) is 4. The number of fused-ring (bicyclic) bond motifs is 1. The molecular formula is C17H16N4O2. The summed E-state index contributed by atoms with van der Waals surface area (Å²) in [5.41, 5.74) is 1.43. The Morgan fingerprint density at radius 2 is 2.13 bits per heavy atom. The minimum absolute atomic E-state index is 0.0533. The van der Waals surface area contributed by atoms with Crippen molar-refractivity contribution in [3.63, 3.8) is 0 Å². The van der Waals surface area contributed by atoms with Crippen LogP contribution in [0.5, 0.6) is 0 Å². The Morgan fingerprint density at radius 1 is 1.30 bits per heavy atom. The number of rotatable bonds is 2. The zero-order chi connectivity index (χ0) is 15.8. The van der Waals surface area contributed by atoms with Gasteiger partial charge in [0.15, 0.2) is 5.69 Å². The molecule has 0 bridgehead atoms. The van der Waals surface area contributed by atoms with Gasteiger partial charge in [-0.05, 0) is 12.5 Å². The molecule has 6 heteroatoms. The number of hydrogen-bond donors (Lipinski definition) is 0. The van der Waals surface area contributed by atoms with Crippen molar-refractivity contribution in [2.24, 2.45) is 0 Å². The van der Waals surface area contributed by atoms with E-state index in [1.807, 2.05) is 41.4 Å². The number of aryl methyl sites for hydroxylation is 1. The van der Waals surface area contributed by atoms with Crippen LogP contribution in [0.1, 0.15) is 33.7 Å². The van der Waals surface area contributed by atoms with Gasteiger partial charge in [-0.2, -0.15) is 0 Å². The van der Waals surface area contributed by atoms with E-state index in [9.17, 15) is 4.79 Å². The van der Waals surface area contributed by atoms with Gasteiger partial charge in [-0.1, -0.05) is 35.5 Å². The van der Waals surface area contributed by atoms with Gasteiger partial charge in [0.25, 0.3) is 5.91 Å². The molecule has 1 aromatic carbocycles. The van der Waals surface area contributed by atoms with E-state index in [2.05, 4.69) is 14.7 Å². The summed E-state index contributed by atoms with van der Waals surface area (Å²) in [6, 6.07) is 11.7. The molecule has 0 saturated carbocycles. The molecule has 23 heavy (non-hydrogen) atoms. The highest BCUT2D eigenvalue weighted by Crippen LogP contribution is 2.30. The molecule has 3 heterocycles. The maximum absolute atomic E-state index is 12.9. The second-order valence-corrected chi connectivity index (χ2v) is 5.68. The molecule has 0 spiro atoms. The molecule has 116 valence electrons. The molecule has 0 saturated heterocycles. The number of aromatic nitrogens is 3. The first-order valence-electron chi connectivity index (χ1n) is 7.51. The molecule has 0 fully saturated rings. The predicted octanol–water partition coefficient (Wildman–Crippen LogP) is 2.58. The van der Waals surface area contributed by atoms with Crippen LogP contribution in [-0.2, 0) is 13.1 Å². The van der Waals surface area contributed by atoms with Crippen molar-refractivity contribution in [1.82, 2.24) is 19.6 Å². The zero-order valence-electron chi connectivity index (χ0n) is 12.7. The SMILES string of the molecule is Cc1cc(C(=O)N2Cc3nccn3C[C@@H]2c2ccccc2)no1. The third kappa shape index (κ3) is 2.42. The summed E-state index contributed by atoms with van der Waals surface area (Å²) >= 11 is 0. The summed E-state index contributed by atoms with van der Waals surface area (Å²) < 4.78 is 7.15. The van der Waals surface area contributed by atoms with Crippen molar-refractivity contribution in [2.75, 3.05) is 0 Å². The molecule has 4 rings (SSSR count). The van der Waals surface area contributed by atoms with E-state index in [-0.39, 0.29) is 11.9 Å². The molecule has 1 aliphatic rings. The first kappa shape index (κ1) is 13.8. The van der Waals surface area contributed by atoms with Crippen LogP contribution in [0.3, 0.4) is 0 Å². The van der Waals surface area contributed by atoms with E-state index in [1.165, 1.54) is 0 Å². The van der Waals surface area contributed by atoms with E-state index in [0.717, 1.165) is 11.4 Å². The summed E-state index contributed by atoms with van der Waals surface area (Å²) in [7, 11) is 0. The Hall–Kier alpha value is -2.89. The molecule has 0 radical (unpaired) electrons. The third-order valence-electron chi connectivity index (χ3n) is 4.15. The van der Waals surface area contributed by atoms with Crippen LogP contribution in [0.15, 0.2) is 53.3 Å². The number of carbonyl (C=O) groups is 1. The van der Waals surface area contributed by atoms with Crippen LogP contribution >= 0.6 is 0 Å². The number of carbonyl (C=O) groups excluding carboxylic acids is 1. The van der Waals surface area contributed by atoms with Gasteiger partial charge < -0.3 is 14.0 Å². The summed E-state index contributed by atoms with van der Waals surface area (Å²) in [6.45, 7) is 2.92. The fourth-order valence-electron chi connectivity index (χ4n) is 2.99. The Labute approximate surface area is 133 Å². The van der Waals surface area contributed by atoms with E-state index >= 15 is 0 Å². The van der Waals surface area contributed by atoms with E-state index in [1.54, 1.807) is 19.2 Å². The maximum atomic E-state index is 12.9. The molecule has 1 atom stereocenters. The Kier molecular flexibility index (Phi) is 3.22. The number of amides is 1. The average Bonchev–Trinajstić information content (AvgIpc) is 3.22. The number of imidazole rings is 1. The van der Waals surface area contributed by atoms with Crippen molar-refractivity contribution < 1.29 is 9.32 Å². The lowest BCUT2D eigenvalue weighted by Crippen LogP contribution is -2.41. The number of hydrogen-bond acceptors (Lipinski definition) is 4. The van der Waals surface area contributed by atoms with Crippen LogP contribution < -0.4 is 0 Å². The van der Waals surface area contributed by atoms with Gasteiger partial charge in [-0.15, -0.1) is 0 Å². The summed E-state index contributed by atoms with van der Waals surface area (Å²) in [4.78, 5) is 19.1. The highest BCUT2D eigenvalue weighted by Gasteiger charge is 2.33. The molecule has 6 nitrogen and oxygen atoms in total. The molecule has 1 aliphatic heterocycles. The van der Waals surface area contributed by atoms with Gasteiger partial charge in [0.2, 0.25) is 0 Å². The normalized spacial score (nSPS) is 17.1. The van der Waals surface area contributed by atoms with E-state index in [0.29, 0.717) is 24.5 Å². The smallest absolute Gasteiger partial charge is 0.277 e. The van der Waals surface area contributed by atoms with Crippen molar-refractivity contribution in [2.45, 2.75) is 26.1 Å². The van der Waals surface area contributed by atoms with E-state index < -0.39 is 0 Å². The van der Waals surface area contributed by atoms with Gasteiger partial charge >= 0.3 is 0 Å². The van der Waals surface area contributed by atoms with Gasteiger partial charge in [0.05, 0.1) is 12.6 Å². The Morgan fingerprint density at radius 3 is 2.87 bits per heavy atom. The predicted molar refractivity (Wildman–Crippen MR) is 82.5 cm³/mol. The maximum Gasteiger partial charge on any atom is 0.277 e. The van der Waals surface area contributed by atoms with Gasteiger partial charge in [-0.3, -0.25) is 4.79 Å². The van der Waals surface area contributed by atoms with Gasteiger partial charge in [0, 0.05) is 25.0 Å². The summed E-state index contributed by atoms with van der Waals surface area (Å²) in [6.07, 6.45) is 3.72. The molecule has 0 unspecified atom stereocenters. The van der Waals surface area contributed by atoms with Gasteiger partial charge in [0.1, 0.15) is 11.6 Å². The molecule has 1 amide bonds. The van der Waals surface area contributed by atoms with Crippen LogP contribution in [0.25, 0.3) is 0 Å². The quantitative estimate of drug-likeness (QED) is 0.730. The van der Waals surface area contributed by atoms with Crippen LogP contribution in [0.4, 0.5) is 0 Å². The highest BCUT2D eigenvalue weighted by atomic mass is 16.5. The molecule has 0 N–H and O–H groups in total. The lowest BCUT2D eigenvalue weighted by Gasteiger charge is -2.36. The monoisotopic (exact) mass is 308 g/mol. The molecular weight excluding hydrogens is 292 g/mol. The highest BCUT2D eigenvalue weighted by molar-refractivity contribution is 5.92. The molecule has 2 aromatic heterocycles. The second kappa shape index (κ2) is 5.39. The van der Waals surface area contributed by atoms with E-state index in [4.69, 9.17) is 4.52 Å². The first-order chi connectivity index (χ1) is 11.2. The largest absolute Gasteiger partial charge is 0.361 e. The lowest BCUT2D eigenvalue weighted by molar-refractivity contribution is 0.0574. The minimum atomic E-state index is -0.134. The summed E-state index contributed by atoms with van der Waals surface area (Å²) in [5.74, 6) is 1.37. The molecule has 0 aliphatic carbocycles. The van der Waals surface area contributed by atoms with Crippen molar-refractivity contribution in [3.8, 4) is 0 Å². The molecule has 3 aromatic rings. The third-order valence-corrected chi connectivity index (χ3v) is 4.15. The lowest BCUT2D eigenvalue weighted by atomic mass is 10.0. The fraction of sp³-hybridized carbons (Fsp3) is 0.235. The number of benzene rings is 1. The Bertz CT molecular complexity index is 837. The van der Waals surface area contributed by atoms with Crippen molar-refractivity contribution in [1.29, 1.82) is 0 Å². The summed E-state index contributed by atoms with van der Waals surface area (Å²) in [5, 5.41) is 3.87. The standard InChI is InChI=1S/C17H16N4O2/c1-12-9-14(19-23-12)17(22)21-11-16-18-7-8-20(16)10-15(21)13-5-3-2-4-6-13/h2-9,15H,10-11H2,1H3/t15-/m1/s1. The Balaban J connectivity index is 1.73. The van der Waals surface area contributed by atoms with Crippen LogP contribution in [0.2, 0.25) is 0 Å². The first-order valence-corrected chi connectivity index (χ1v) is 7.51. The zero-order valence-corrected chi connectivity index (χ0v) is 12.7. The average molecular weight is 308 g/mol. The van der Waals surface area contributed by atoms with Crippen LogP contribution in [-0.4, -0.2) is 25.5 Å². The van der Waals surface area contributed by atoms with Crippen LogP contribution in [0, 0.1) is 6.92 Å². The van der Waals surface area contributed by atoms with Crippen molar-refractivity contribution >= 4 is 5.91 Å². The second-order valence-electron chi connectivity index (χ2n) is 5.68. The van der Waals surface area contributed by atoms with Crippen molar-refractivity contribution in [3.05, 3.63) is 71.6 Å². The minimum Gasteiger partial charge on any atom is -0.361 e. The topological polar surface area (TPSA) is 64.2 Å².